The maximum Gasteiger partial charge on any atom is 0.409 e. The number of nitrogens with two attached hydrogens (primary N) is 3. The van der Waals surface area contributed by atoms with Crippen molar-refractivity contribution >= 4 is 125 Å². The van der Waals surface area contributed by atoms with Crippen LogP contribution in [0.25, 0.3) is 22.3 Å². The van der Waals surface area contributed by atoms with Crippen molar-refractivity contribution in [1.82, 2.24) is 64.8 Å². The Labute approximate surface area is 526 Å². The molecule has 0 radical (unpaired) electrons. The first kappa shape index (κ1) is 67.5. The van der Waals surface area contributed by atoms with Gasteiger partial charge in [-0.1, -0.05) is 38.2 Å². The van der Waals surface area contributed by atoms with Crippen LogP contribution in [0.4, 0.5) is 31.3 Å². The molecule has 4 aromatic heterocycles. The number of carbonyl (C=O) groups is 8. The zero-order chi connectivity index (χ0) is 65.5. The lowest BCUT2D eigenvalue weighted by Gasteiger charge is -2.30. The van der Waals surface area contributed by atoms with E-state index in [0.29, 0.717) is 11.3 Å². The topological polar surface area (TPSA) is 468 Å². The maximum atomic E-state index is 16.5. The highest BCUT2D eigenvalue weighted by Gasteiger charge is 2.55. The van der Waals surface area contributed by atoms with Crippen LogP contribution in [0.1, 0.15) is 64.0 Å². The third kappa shape index (κ3) is 16.6. The van der Waals surface area contributed by atoms with Crippen LogP contribution in [-0.4, -0.2) is 190 Å². The van der Waals surface area contributed by atoms with Crippen LogP contribution in [-0.2, 0) is 88.8 Å². The second-order valence-electron chi connectivity index (χ2n) is 21.3. The second kappa shape index (κ2) is 29.2. The number of fused-ring (bicyclic) bond motifs is 4. The Morgan fingerprint density at radius 1 is 0.846 bits per heavy atom. The molecule has 0 aliphatic carbocycles. The Balaban J connectivity index is 0.797. The summed E-state index contributed by atoms with van der Waals surface area (Å²) >= 11 is 9.58. The van der Waals surface area contributed by atoms with E-state index in [9.17, 15) is 47.8 Å². The van der Waals surface area contributed by atoms with Crippen molar-refractivity contribution in [3.63, 3.8) is 0 Å². The van der Waals surface area contributed by atoms with Crippen LogP contribution in [0.15, 0.2) is 61.7 Å². The van der Waals surface area contributed by atoms with E-state index in [0.717, 1.165) is 29.7 Å². The number of imidazole rings is 2. The summed E-state index contributed by atoms with van der Waals surface area (Å²) in [6.07, 6.45) is -6.89. The van der Waals surface area contributed by atoms with Crippen LogP contribution in [0.3, 0.4) is 0 Å². The van der Waals surface area contributed by atoms with Gasteiger partial charge in [-0.25, -0.2) is 48.4 Å². The molecule has 91 heavy (non-hydrogen) atoms. The normalized spacial score (nSPS) is 25.6. The summed E-state index contributed by atoms with van der Waals surface area (Å²) in [5.74, 6) is -4.41. The summed E-state index contributed by atoms with van der Waals surface area (Å²) in [6, 6.07) is 3.12. The Kier molecular flexibility index (Phi) is 21.6. The predicted molar refractivity (Wildman–Crippen MR) is 320 cm³/mol. The van der Waals surface area contributed by atoms with E-state index in [2.05, 4.69) is 63.4 Å². The number of alkyl halides is 1. The Bertz CT molecular complexity index is 3690. The van der Waals surface area contributed by atoms with Crippen molar-refractivity contribution in [2.45, 2.75) is 114 Å². The molecule has 3 saturated heterocycles. The smallest absolute Gasteiger partial charge is 0.409 e. The standard InChI is InChI=1S/C51H64FN17O18P2S2/c1-25(2)36(65-31(70)14-17-67-32(71)12-13-33(67)72)47(75)64-28(6-4-15-56-50(55)76)46(74)63-27-10-8-26(9-11-27)18-80-51(77)66(3)16-5-7-34(73)85-41-40-30(84-49(41)69-24-62-38-43(54)58-22-60-45(38)69)20-82-88(78,90)86-39-29(19-81-89(79,91)87-40)83-48(35(39)52)68-23-61-37-42(53)57-21-59-44(37)68/h8-13,21-25,28-30,35-36,39-41,48-49H,4-7,14-20H2,1-3H3,(H,63,74)(H,64,75)(H,65,70)(H,78,90)(H,79,91)(H2,53,57,59)(H2,54,58,60)(H3,55,56,76)/t28-,29+,30+,35+,36-,39+,40+,41+,48+,49?,88?,89?/m0/s1. The molecule has 35 nitrogen and oxygen atoms in total. The summed E-state index contributed by atoms with van der Waals surface area (Å²) in [4.78, 5) is 141. The van der Waals surface area contributed by atoms with Gasteiger partial charge in [0, 0.05) is 57.4 Å². The SMILES string of the molecule is CC(C)[C@H](NC(=O)CCN1C(=O)C=CC1=O)C(=O)N[C@@H](CCCNC(N)=O)C(=O)Nc1ccc(COC(=O)N(C)CCCC(=O)O[C@H]2C(n3cnc4c(N)ncnc43)O[C@@H]3COP(O)(=S)O[C@H]4[C@@H](F)[C@H](n5cnc6c(N)ncnc65)O[C@@H]4COP(=O)(S)O[C@H]32)cc1. The Morgan fingerprint density at radius 3 is 2.10 bits per heavy atom. The Morgan fingerprint density at radius 2 is 1.46 bits per heavy atom. The molecule has 8 amide bonds. The van der Waals surface area contributed by atoms with Crippen molar-refractivity contribution in [3.8, 4) is 0 Å². The molecule has 5 aromatic rings. The van der Waals surface area contributed by atoms with Crippen LogP contribution in [0.2, 0.25) is 0 Å². The molecular formula is C51H64FN17O18P2S2. The molecule has 4 aliphatic heterocycles. The highest BCUT2D eigenvalue weighted by molar-refractivity contribution is 8.44. The van der Waals surface area contributed by atoms with E-state index in [1.54, 1.807) is 26.0 Å². The summed E-state index contributed by atoms with van der Waals surface area (Å²) < 4.78 is 80.4. The van der Waals surface area contributed by atoms with Crippen molar-refractivity contribution < 1.29 is 89.2 Å². The molecule has 3 fully saturated rings. The van der Waals surface area contributed by atoms with E-state index in [1.165, 1.54) is 45.9 Å². The van der Waals surface area contributed by atoms with Gasteiger partial charge in [0.25, 0.3) is 11.8 Å². The van der Waals surface area contributed by atoms with Gasteiger partial charge >= 0.3 is 31.6 Å². The number of amides is 8. The number of nitrogens with one attached hydrogen (secondary N) is 4. The molecular weight excluding hydrogens is 1280 g/mol. The zero-order valence-electron chi connectivity index (χ0n) is 48.6. The van der Waals surface area contributed by atoms with Gasteiger partial charge in [0.15, 0.2) is 47.7 Å². The molecule has 9 rings (SSSR count). The molecule has 8 heterocycles. The number of primary amides is 1. The van der Waals surface area contributed by atoms with Gasteiger partial charge in [0.1, 0.15) is 66.8 Å². The lowest BCUT2D eigenvalue weighted by Crippen LogP contribution is -2.54. The monoisotopic (exact) mass is 1350 g/mol. The summed E-state index contributed by atoms with van der Waals surface area (Å²) in [5, 5.41) is 10.4. The minimum Gasteiger partial charge on any atom is -0.455 e. The fraction of sp³-hybridized carbons (Fsp3) is 0.490. The number of hydrogen-bond acceptors (Lipinski definition) is 26. The molecule has 0 saturated carbocycles. The summed E-state index contributed by atoms with van der Waals surface area (Å²) in [6.45, 7) is -7.52. The van der Waals surface area contributed by atoms with Crippen LogP contribution in [0.5, 0.6) is 0 Å². The van der Waals surface area contributed by atoms with Gasteiger partial charge in [0.05, 0.1) is 25.9 Å². The Hall–Kier alpha value is -7.90. The van der Waals surface area contributed by atoms with Crippen LogP contribution < -0.4 is 38.5 Å². The third-order valence-corrected chi connectivity index (χ3v) is 17.7. The number of hydrogen-bond donors (Lipinski definition) is 9. The van der Waals surface area contributed by atoms with Gasteiger partial charge < -0.3 is 71.7 Å². The summed E-state index contributed by atoms with van der Waals surface area (Å²) in [7, 11) is 1.43. The zero-order valence-corrected chi connectivity index (χ0v) is 52.1. The maximum absolute atomic E-state index is 16.5. The molecule has 0 bridgehead atoms. The quantitative estimate of drug-likeness (QED) is 0.0155. The third-order valence-electron chi connectivity index (χ3n) is 14.6. The number of esters is 1. The fourth-order valence-corrected chi connectivity index (χ4v) is 12.9. The number of imide groups is 1. The number of rotatable bonds is 22. The predicted octanol–water partition coefficient (Wildman–Crippen LogP) is 1.32. The minimum atomic E-state index is -4.61. The van der Waals surface area contributed by atoms with Gasteiger partial charge in [-0.05, 0) is 54.7 Å². The number of aromatic nitrogens is 8. The first-order valence-corrected chi connectivity index (χ1v) is 33.3. The summed E-state index contributed by atoms with van der Waals surface area (Å²) in [5.41, 5.74) is 18.5. The van der Waals surface area contributed by atoms with Gasteiger partial charge in [-0.3, -0.25) is 56.4 Å². The number of halogens is 1. The van der Waals surface area contributed by atoms with E-state index in [4.69, 9.17) is 66.1 Å². The number of thiol groups is 1. The van der Waals surface area contributed by atoms with Crippen molar-refractivity contribution in [3.05, 3.63) is 67.3 Å². The van der Waals surface area contributed by atoms with Gasteiger partial charge in [-0.15, -0.1) is 0 Å². The molecule has 3 unspecified atom stereocenters. The van der Waals surface area contributed by atoms with Gasteiger partial charge in [0.2, 0.25) is 17.7 Å². The highest BCUT2D eigenvalue weighted by atomic mass is 32.7. The van der Waals surface area contributed by atoms with Crippen molar-refractivity contribution in [2.24, 2.45) is 11.7 Å². The van der Waals surface area contributed by atoms with Crippen molar-refractivity contribution in [2.75, 3.05) is 56.7 Å². The first-order chi connectivity index (χ1) is 43.3. The number of benzene rings is 1. The van der Waals surface area contributed by atoms with E-state index in [-0.39, 0.29) is 92.3 Å². The van der Waals surface area contributed by atoms with E-state index in [1.807, 2.05) is 0 Å². The van der Waals surface area contributed by atoms with E-state index < -0.39 is 142 Å². The van der Waals surface area contributed by atoms with Crippen LogP contribution >= 0.6 is 25.8 Å². The largest absolute Gasteiger partial charge is 0.455 e. The van der Waals surface area contributed by atoms with Crippen molar-refractivity contribution in [1.29, 1.82) is 0 Å². The second-order valence-corrected chi connectivity index (χ2v) is 27.0. The number of nitrogens with zero attached hydrogens (tertiary/aromatic N) is 10. The first-order valence-electron chi connectivity index (χ1n) is 28.0. The number of nitrogen functional groups attached to an aromatic ring is 2. The molecule has 4 aliphatic rings. The fourth-order valence-electron chi connectivity index (χ4n) is 9.94. The molecule has 0 spiro atoms. The lowest BCUT2D eigenvalue weighted by atomic mass is 10.0. The number of carbonyl (C=O) groups excluding carboxylic acids is 8. The molecule has 40 heteroatoms. The molecule has 1 aromatic carbocycles. The minimum absolute atomic E-state index is 0.00773. The van der Waals surface area contributed by atoms with Gasteiger partial charge in [-0.2, -0.15) is 0 Å². The lowest BCUT2D eigenvalue weighted by molar-refractivity contribution is -0.158. The highest BCUT2D eigenvalue weighted by Crippen LogP contribution is 2.59. The van der Waals surface area contributed by atoms with E-state index >= 15 is 4.39 Å². The number of anilines is 3. The van der Waals surface area contributed by atoms with Crippen LogP contribution in [0, 0.1) is 5.92 Å². The number of ether oxygens (including phenoxy) is 4. The average molecular weight is 1350 g/mol. The molecule has 11 N–H and O–H groups in total. The molecule has 490 valence electrons. The number of urea groups is 1. The molecule has 12 atom stereocenters. The average Bonchev–Trinajstić information content (AvgIpc) is 1.63.